The highest BCUT2D eigenvalue weighted by Crippen LogP contribution is 2.29. The van der Waals surface area contributed by atoms with Gasteiger partial charge in [-0.2, -0.15) is 0 Å². The third kappa shape index (κ3) is 3.73. The smallest absolute Gasteiger partial charge is 0.310 e. The van der Waals surface area contributed by atoms with Gasteiger partial charge in [0.15, 0.2) is 0 Å². The molecular formula is C16H23NO3. The van der Waals surface area contributed by atoms with Gasteiger partial charge in [0.05, 0.1) is 5.41 Å². The molecule has 1 aliphatic heterocycles. The number of aryl methyl sites for hydroxylation is 1. The van der Waals surface area contributed by atoms with Crippen molar-refractivity contribution in [1.29, 1.82) is 0 Å². The normalized spacial score (nSPS) is 23.5. The van der Waals surface area contributed by atoms with Crippen LogP contribution in [0.4, 0.5) is 0 Å². The second-order valence-electron chi connectivity index (χ2n) is 5.91. The molecule has 4 heteroatoms. The van der Waals surface area contributed by atoms with Crippen molar-refractivity contribution in [1.82, 2.24) is 4.90 Å². The van der Waals surface area contributed by atoms with Crippen molar-refractivity contribution in [3.8, 4) is 5.75 Å². The van der Waals surface area contributed by atoms with Gasteiger partial charge < -0.3 is 9.84 Å². The predicted molar refractivity (Wildman–Crippen MR) is 78.1 cm³/mol. The molecule has 1 aromatic carbocycles. The van der Waals surface area contributed by atoms with Crippen molar-refractivity contribution in [2.24, 2.45) is 5.41 Å². The van der Waals surface area contributed by atoms with Crippen LogP contribution in [-0.2, 0) is 4.79 Å². The number of aliphatic carboxylic acids is 1. The van der Waals surface area contributed by atoms with Crippen molar-refractivity contribution < 1.29 is 14.6 Å². The van der Waals surface area contributed by atoms with Gasteiger partial charge in [0.2, 0.25) is 0 Å². The Morgan fingerprint density at radius 3 is 2.75 bits per heavy atom. The Labute approximate surface area is 120 Å². The standard InChI is InChI=1S/C16H23NO3/c1-13-4-6-14(7-5-13)20-11-10-17-9-3-8-16(2,12-17)15(18)19/h4-7H,3,8-12H2,1-2H3,(H,18,19). The van der Waals surface area contributed by atoms with E-state index in [9.17, 15) is 9.90 Å². The number of carboxylic acid groups (broad SMARTS) is 1. The molecule has 110 valence electrons. The maximum atomic E-state index is 11.3. The van der Waals surface area contributed by atoms with Crippen LogP contribution in [0.25, 0.3) is 0 Å². The third-order valence-corrected chi connectivity index (χ3v) is 3.99. The number of benzene rings is 1. The molecule has 4 nitrogen and oxygen atoms in total. The fraction of sp³-hybridized carbons (Fsp3) is 0.562. The molecule has 0 amide bonds. The third-order valence-electron chi connectivity index (χ3n) is 3.99. The molecule has 1 atom stereocenters. The number of ether oxygens (including phenoxy) is 1. The lowest BCUT2D eigenvalue weighted by atomic mass is 9.82. The van der Waals surface area contributed by atoms with E-state index in [1.54, 1.807) is 0 Å². The fourth-order valence-electron chi connectivity index (χ4n) is 2.64. The highest BCUT2D eigenvalue weighted by Gasteiger charge is 2.37. The number of likely N-dealkylation sites (tertiary alicyclic amines) is 1. The summed E-state index contributed by atoms with van der Waals surface area (Å²) in [6, 6.07) is 7.98. The van der Waals surface area contributed by atoms with E-state index in [1.165, 1.54) is 5.56 Å². The molecule has 2 rings (SSSR count). The van der Waals surface area contributed by atoms with Gasteiger partial charge in [-0.3, -0.25) is 9.69 Å². The summed E-state index contributed by atoms with van der Waals surface area (Å²) in [6.45, 7) is 6.82. The minimum atomic E-state index is -0.693. The number of nitrogens with zero attached hydrogens (tertiary/aromatic N) is 1. The van der Waals surface area contributed by atoms with E-state index >= 15 is 0 Å². The summed E-state index contributed by atoms with van der Waals surface area (Å²) in [4.78, 5) is 13.5. The van der Waals surface area contributed by atoms with Gasteiger partial charge in [0, 0.05) is 13.1 Å². The number of hydrogen-bond acceptors (Lipinski definition) is 3. The molecule has 1 heterocycles. The van der Waals surface area contributed by atoms with E-state index in [0.717, 1.165) is 31.7 Å². The first-order chi connectivity index (χ1) is 9.49. The molecule has 1 saturated heterocycles. The predicted octanol–water partition coefficient (Wildman–Crippen LogP) is 2.56. The molecule has 0 saturated carbocycles. The van der Waals surface area contributed by atoms with Gasteiger partial charge in [-0.15, -0.1) is 0 Å². The lowest BCUT2D eigenvalue weighted by molar-refractivity contribution is -0.151. The van der Waals surface area contributed by atoms with Crippen LogP contribution in [0.1, 0.15) is 25.3 Å². The Kier molecular flexibility index (Phi) is 4.65. The average molecular weight is 277 g/mol. The van der Waals surface area contributed by atoms with Crippen LogP contribution in [0.15, 0.2) is 24.3 Å². The van der Waals surface area contributed by atoms with Crippen molar-refractivity contribution >= 4 is 5.97 Å². The van der Waals surface area contributed by atoms with Crippen molar-refractivity contribution in [3.63, 3.8) is 0 Å². The Morgan fingerprint density at radius 1 is 1.40 bits per heavy atom. The molecule has 20 heavy (non-hydrogen) atoms. The summed E-state index contributed by atoms with van der Waals surface area (Å²) in [5.74, 6) is 0.176. The first-order valence-corrected chi connectivity index (χ1v) is 7.15. The van der Waals surface area contributed by atoms with E-state index in [-0.39, 0.29) is 0 Å². The SMILES string of the molecule is Cc1ccc(OCCN2CCCC(C)(C(=O)O)C2)cc1. The maximum Gasteiger partial charge on any atom is 0.310 e. The zero-order valence-corrected chi connectivity index (χ0v) is 12.3. The molecular weight excluding hydrogens is 254 g/mol. The van der Waals surface area contributed by atoms with E-state index in [4.69, 9.17) is 4.74 Å². The Balaban J connectivity index is 1.79. The number of carboxylic acids is 1. The topological polar surface area (TPSA) is 49.8 Å². The lowest BCUT2D eigenvalue weighted by Gasteiger charge is -2.37. The number of hydrogen-bond donors (Lipinski definition) is 1. The lowest BCUT2D eigenvalue weighted by Crippen LogP contribution is -2.47. The van der Waals surface area contributed by atoms with Gasteiger partial charge >= 0.3 is 5.97 Å². The van der Waals surface area contributed by atoms with E-state index in [0.29, 0.717) is 13.2 Å². The molecule has 1 unspecified atom stereocenters. The monoisotopic (exact) mass is 277 g/mol. The summed E-state index contributed by atoms with van der Waals surface area (Å²) in [7, 11) is 0. The van der Waals surface area contributed by atoms with Crippen molar-refractivity contribution in [2.45, 2.75) is 26.7 Å². The molecule has 0 bridgehead atoms. The zero-order chi connectivity index (χ0) is 14.6. The van der Waals surface area contributed by atoms with Crippen LogP contribution in [-0.4, -0.2) is 42.2 Å². The minimum absolute atomic E-state index is 0.596. The molecule has 0 aliphatic carbocycles. The largest absolute Gasteiger partial charge is 0.492 e. The van der Waals surface area contributed by atoms with Crippen LogP contribution in [0.5, 0.6) is 5.75 Å². The quantitative estimate of drug-likeness (QED) is 0.898. The Hall–Kier alpha value is -1.55. The molecule has 0 radical (unpaired) electrons. The van der Waals surface area contributed by atoms with Crippen molar-refractivity contribution in [2.75, 3.05) is 26.2 Å². The van der Waals surface area contributed by atoms with Gasteiger partial charge in [0.25, 0.3) is 0 Å². The van der Waals surface area contributed by atoms with Crippen LogP contribution in [0.2, 0.25) is 0 Å². The highest BCUT2D eigenvalue weighted by molar-refractivity contribution is 5.74. The molecule has 1 N–H and O–H groups in total. The number of rotatable bonds is 5. The van der Waals surface area contributed by atoms with Gasteiger partial charge in [0.1, 0.15) is 12.4 Å². The summed E-state index contributed by atoms with van der Waals surface area (Å²) in [5, 5.41) is 9.29. The zero-order valence-electron chi connectivity index (χ0n) is 12.3. The fourth-order valence-corrected chi connectivity index (χ4v) is 2.64. The molecule has 0 spiro atoms. The van der Waals surface area contributed by atoms with Crippen LogP contribution in [0.3, 0.4) is 0 Å². The molecule has 1 aliphatic rings. The summed E-state index contributed by atoms with van der Waals surface area (Å²) < 4.78 is 5.70. The van der Waals surface area contributed by atoms with Crippen LogP contribution >= 0.6 is 0 Å². The van der Waals surface area contributed by atoms with E-state index in [1.807, 2.05) is 38.1 Å². The van der Waals surface area contributed by atoms with Crippen LogP contribution in [0, 0.1) is 12.3 Å². The first-order valence-electron chi connectivity index (χ1n) is 7.15. The summed E-state index contributed by atoms with van der Waals surface area (Å²) in [6.07, 6.45) is 1.70. The maximum absolute atomic E-state index is 11.3. The number of piperidine rings is 1. The first kappa shape index (κ1) is 14.9. The highest BCUT2D eigenvalue weighted by atomic mass is 16.5. The number of carbonyl (C=O) groups is 1. The molecule has 1 fully saturated rings. The van der Waals surface area contributed by atoms with E-state index < -0.39 is 11.4 Å². The summed E-state index contributed by atoms with van der Waals surface area (Å²) in [5.41, 5.74) is 0.605. The second-order valence-corrected chi connectivity index (χ2v) is 5.91. The van der Waals surface area contributed by atoms with Crippen LogP contribution < -0.4 is 4.74 Å². The van der Waals surface area contributed by atoms with Gasteiger partial charge in [-0.25, -0.2) is 0 Å². The second kappa shape index (κ2) is 6.27. The summed E-state index contributed by atoms with van der Waals surface area (Å²) >= 11 is 0. The molecule has 0 aromatic heterocycles. The van der Waals surface area contributed by atoms with Crippen molar-refractivity contribution in [3.05, 3.63) is 29.8 Å². The van der Waals surface area contributed by atoms with Gasteiger partial charge in [-0.1, -0.05) is 17.7 Å². The Bertz CT molecular complexity index is 457. The minimum Gasteiger partial charge on any atom is -0.492 e. The molecule has 1 aromatic rings. The van der Waals surface area contributed by atoms with E-state index in [2.05, 4.69) is 4.90 Å². The Morgan fingerprint density at radius 2 is 2.10 bits per heavy atom. The van der Waals surface area contributed by atoms with Gasteiger partial charge in [-0.05, 0) is 45.4 Å². The average Bonchev–Trinajstić information content (AvgIpc) is 2.41.